The van der Waals surface area contributed by atoms with Crippen molar-refractivity contribution in [3.8, 4) is 0 Å². The topological polar surface area (TPSA) is 110 Å². The number of alkyl carbamates (subject to hydrolysis) is 1. The maximum Gasteiger partial charge on any atom is 0.408 e. The highest BCUT2D eigenvalue weighted by atomic mass is 32.2. The number of benzene rings is 2. The van der Waals surface area contributed by atoms with Crippen LogP contribution in [-0.2, 0) is 25.9 Å². The van der Waals surface area contributed by atoms with Crippen LogP contribution in [0.5, 0.6) is 0 Å². The minimum Gasteiger partial charge on any atom is -0.444 e. The third-order valence-electron chi connectivity index (χ3n) is 5.88. The Morgan fingerprint density at radius 2 is 1.76 bits per heavy atom. The Morgan fingerprint density at radius 3 is 2.37 bits per heavy atom. The molecule has 1 aliphatic heterocycles. The minimum absolute atomic E-state index is 0.0605. The van der Waals surface area contributed by atoms with E-state index in [4.69, 9.17) is 4.74 Å². The summed E-state index contributed by atoms with van der Waals surface area (Å²) in [6.45, 7) is 6.56. The number of carbonyl (C=O) groups excluding carboxylic acids is 3. The van der Waals surface area contributed by atoms with Gasteiger partial charge in [0.05, 0.1) is 28.4 Å². The van der Waals surface area contributed by atoms with Crippen molar-refractivity contribution in [1.82, 2.24) is 5.32 Å². The Hall–Kier alpha value is -3.34. The molecule has 8 nitrogen and oxygen atoms in total. The molecule has 0 bridgehead atoms. The van der Waals surface area contributed by atoms with Crippen LogP contribution < -0.4 is 10.2 Å². The maximum absolute atomic E-state index is 15.1. The van der Waals surface area contributed by atoms with Gasteiger partial charge in [-0.2, -0.15) is 0 Å². The number of fused-ring (bicyclic) bond motifs is 1. The Bertz CT molecular complexity index is 1320. The van der Waals surface area contributed by atoms with Crippen LogP contribution in [0, 0.1) is 11.6 Å². The Kier molecular flexibility index (Phi) is 8.91. The fourth-order valence-electron chi connectivity index (χ4n) is 4.06. The van der Waals surface area contributed by atoms with Crippen molar-refractivity contribution >= 4 is 33.3 Å². The van der Waals surface area contributed by atoms with Crippen LogP contribution >= 0.6 is 0 Å². The lowest BCUT2D eigenvalue weighted by atomic mass is 10.0. The second-order valence-electron chi connectivity index (χ2n) is 10.2. The average Bonchev–Trinajstić information content (AvgIpc) is 2.87. The molecule has 1 aliphatic rings. The summed E-state index contributed by atoms with van der Waals surface area (Å²) < 4.78 is 60.4. The van der Waals surface area contributed by atoms with Crippen LogP contribution in [0.3, 0.4) is 0 Å². The van der Waals surface area contributed by atoms with Gasteiger partial charge in [0, 0.05) is 6.42 Å². The minimum atomic E-state index is -4.31. The Balaban J connectivity index is 2.11. The molecule has 0 radical (unpaired) electrons. The number of hydrogen-bond donors (Lipinski definition) is 1. The lowest BCUT2D eigenvalue weighted by Gasteiger charge is -2.27. The number of unbranched alkanes of at least 4 members (excludes halogenated alkanes) is 2. The summed E-state index contributed by atoms with van der Waals surface area (Å²) in [5.74, 6) is -3.69. The van der Waals surface area contributed by atoms with Gasteiger partial charge in [0.15, 0.2) is 15.6 Å². The molecular weight excluding hydrogens is 518 g/mol. The molecule has 0 unspecified atom stereocenters. The first-order valence-electron chi connectivity index (χ1n) is 12.4. The third-order valence-corrected chi connectivity index (χ3v) is 7.65. The fourth-order valence-corrected chi connectivity index (χ4v) is 5.68. The molecule has 2 amide bonds. The zero-order valence-corrected chi connectivity index (χ0v) is 22.7. The molecule has 38 heavy (non-hydrogen) atoms. The molecule has 0 fully saturated rings. The van der Waals surface area contributed by atoms with E-state index in [2.05, 4.69) is 5.32 Å². The van der Waals surface area contributed by atoms with E-state index in [1.54, 1.807) is 20.8 Å². The molecule has 1 atom stereocenters. The van der Waals surface area contributed by atoms with Crippen LogP contribution in [-0.4, -0.2) is 43.6 Å². The number of rotatable bonds is 8. The first-order valence-corrected chi connectivity index (χ1v) is 14.0. The van der Waals surface area contributed by atoms with Crippen LogP contribution in [0.15, 0.2) is 41.3 Å². The lowest BCUT2D eigenvalue weighted by molar-refractivity contribution is -0.120. The van der Waals surface area contributed by atoms with Crippen LogP contribution in [0.2, 0.25) is 0 Å². The van der Waals surface area contributed by atoms with Gasteiger partial charge in [0.1, 0.15) is 23.3 Å². The van der Waals surface area contributed by atoms with Gasteiger partial charge in [-0.15, -0.1) is 0 Å². The molecule has 11 heteroatoms. The van der Waals surface area contributed by atoms with E-state index in [-0.39, 0.29) is 24.2 Å². The van der Waals surface area contributed by atoms with Crippen molar-refractivity contribution in [3.05, 3.63) is 59.2 Å². The van der Waals surface area contributed by atoms with Gasteiger partial charge in [0.2, 0.25) is 0 Å². The molecule has 2 aromatic carbocycles. The summed E-state index contributed by atoms with van der Waals surface area (Å²) in [4.78, 5) is 39.5. The fraction of sp³-hybridized carbons (Fsp3) is 0.444. The first kappa shape index (κ1) is 29.2. The monoisotopic (exact) mass is 550 g/mol. The number of Topliss-reactive ketones (excluding diaryl/α,β-unsaturated/α-hetero) is 1. The molecule has 2 aromatic rings. The number of hydrogen-bond acceptors (Lipinski definition) is 6. The standard InChI is InChI=1S/C27H32F2N2O6S/c1-5-6-7-8-23(32)19-13-22-24(14-20(19)29)38(35,36)16-21(30-26(34)37-27(2,3)4)25(33)31(22)15-17-9-11-18(28)12-10-17/h9-14,21H,5-8,15-16H2,1-4H3,(H,30,34)/t21-/m0/s1. The van der Waals surface area contributed by atoms with Gasteiger partial charge >= 0.3 is 6.09 Å². The molecule has 0 saturated carbocycles. The number of ketones is 1. The number of carbonyl (C=O) groups is 3. The predicted octanol–water partition coefficient (Wildman–Crippen LogP) is 4.94. The number of amides is 2. The highest BCUT2D eigenvalue weighted by molar-refractivity contribution is 7.91. The molecule has 3 rings (SSSR count). The smallest absolute Gasteiger partial charge is 0.408 e. The molecule has 0 spiro atoms. The van der Waals surface area contributed by atoms with Gasteiger partial charge in [-0.1, -0.05) is 31.9 Å². The van der Waals surface area contributed by atoms with E-state index in [1.165, 1.54) is 24.3 Å². The van der Waals surface area contributed by atoms with E-state index in [0.29, 0.717) is 12.0 Å². The zero-order chi connectivity index (χ0) is 28.3. The van der Waals surface area contributed by atoms with Crippen molar-refractivity contribution in [2.75, 3.05) is 10.7 Å². The van der Waals surface area contributed by atoms with Gasteiger partial charge in [-0.05, 0) is 57.0 Å². The highest BCUT2D eigenvalue weighted by Crippen LogP contribution is 2.35. The number of halogens is 2. The summed E-state index contributed by atoms with van der Waals surface area (Å²) >= 11 is 0. The molecule has 1 N–H and O–H groups in total. The summed E-state index contributed by atoms with van der Waals surface area (Å²) in [5.41, 5.74) is -0.983. The van der Waals surface area contributed by atoms with E-state index in [1.807, 2.05) is 6.92 Å². The molecule has 0 aliphatic carbocycles. The van der Waals surface area contributed by atoms with Crippen molar-refractivity contribution in [1.29, 1.82) is 0 Å². The summed E-state index contributed by atoms with van der Waals surface area (Å²) in [5, 5.41) is 2.31. The van der Waals surface area contributed by atoms with E-state index < -0.39 is 61.5 Å². The predicted molar refractivity (Wildman–Crippen MR) is 138 cm³/mol. The van der Waals surface area contributed by atoms with Gasteiger partial charge in [0.25, 0.3) is 5.91 Å². The van der Waals surface area contributed by atoms with Crippen molar-refractivity contribution in [2.24, 2.45) is 0 Å². The van der Waals surface area contributed by atoms with Crippen molar-refractivity contribution in [3.63, 3.8) is 0 Å². The lowest BCUT2D eigenvalue weighted by Crippen LogP contribution is -2.51. The SMILES string of the molecule is CCCCCC(=O)c1cc2c(cc1F)S(=O)(=O)C[C@H](NC(=O)OC(C)(C)C)C(=O)N2Cc1ccc(F)cc1. The quantitative estimate of drug-likeness (QED) is 0.368. The number of nitrogens with one attached hydrogen (secondary N) is 1. The number of anilines is 1. The highest BCUT2D eigenvalue weighted by Gasteiger charge is 2.40. The average molecular weight is 551 g/mol. The van der Waals surface area contributed by atoms with Crippen LogP contribution in [0.1, 0.15) is 69.3 Å². The normalized spacial score (nSPS) is 16.9. The van der Waals surface area contributed by atoms with E-state index in [9.17, 15) is 27.2 Å². The number of ether oxygens (including phenoxy) is 1. The number of sulfone groups is 1. The summed E-state index contributed by atoms with van der Waals surface area (Å²) in [6, 6.07) is 5.45. The third kappa shape index (κ3) is 7.15. The zero-order valence-electron chi connectivity index (χ0n) is 21.8. The van der Waals surface area contributed by atoms with Gasteiger partial charge in [-0.25, -0.2) is 22.0 Å². The molecule has 0 saturated heterocycles. The molecular formula is C27H32F2N2O6S. The van der Waals surface area contributed by atoms with Crippen LogP contribution in [0.25, 0.3) is 0 Å². The van der Waals surface area contributed by atoms with Gasteiger partial charge in [-0.3, -0.25) is 9.59 Å². The number of nitrogens with zero attached hydrogens (tertiary/aromatic N) is 1. The molecule has 206 valence electrons. The van der Waals surface area contributed by atoms with E-state index >= 15 is 4.39 Å². The molecule has 1 heterocycles. The van der Waals surface area contributed by atoms with Crippen LogP contribution in [0.4, 0.5) is 19.3 Å². The Morgan fingerprint density at radius 1 is 1.11 bits per heavy atom. The largest absolute Gasteiger partial charge is 0.444 e. The van der Waals surface area contributed by atoms with Crippen molar-refractivity contribution < 1.29 is 36.3 Å². The Labute approximate surface area is 221 Å². The van der Waals surface area contributed by atoms with Crippen molar-refractivity contribution in [2.45, 2.75) is 76.5 Å². The molecule has 0 aromatic heterocycles. The second-order valence-corrected chi connectivity index (χ2v) is 12.2. The second kappa shape index (κ2) is 11.6. The van der Waals surface area contributed by atoms with Gasteiger partial charge < -0.3 is 15.0 Å². The first-order chi connectivity index (χ1) is 17.7. The maximum atomic E-state index is 15.1. The van der Waals surface area contributed by atoms with E-state index in [0.717, 1.165) is 29.9 Å². The summed E-state index contributed by atoms with van der Waals surface area (Å²) in [7, 11) is -4.31. The summed E-state index contributed by atoms with van der Waals surface area (Å²) in [6.07, 6.45) is 1.20.